The molecule has 0 saturated carbocycles. The Hall–Kier alpha value is -1.21. The van der Waals surface area contributed by atoms with Gasteiger partial charge in [-0.1, -0.05) is 25.7 Å². The first-order valence-electron chi connectivity index (χ1n) is 8.23. The zero-order valence-electron chi connectivity index (χ0n) is 15.6. The fraction of sp³-hybridized carbons (Fsp3) is 0.625. The molecule has 0 fully saturated rings. The molecular weight excluding hydrogens is 361 g/mol. The maximum Gasteiger partial charge on any atom is 0.311 e. The highest BCUT2D eigenvalue weighted by Crippen LogP contribution is 2.46. The molecule has 0 aliphatic carbocycles. The third kappa shape index (κ3) is 8.63. The van der Waals surface area contributed by atoms with Crippen LogP contribution in [0.2, 0.25) is 25.7 Å². The van der Waals surface area contributed by atoms with Crippen LogP contribution < -0.4 is 4.74 Å². The van der Waals surface area contributed by atoms with E-state index in [-0.39, 0.29) is 24.4 Å². The fourth-order valence-corrected chi connectivity index (χ4v) is 4.37. The lowest BCUT2D eigenvalue weighted by Gasteiger charge is -2.16. The van der Waals surface area contributed by atoms with Gasteiger partial charge in [-0.25, -0.2) is 0 Å². The third-order valence-electron chi connectivity index (χ3n) is 3.39. The lowest BCUT2D eigenvalue weighted by molar-refractivity contribution is -0.386. The summed E-state index contributed by atoms with van der Waals surface area (Å²) in [6.45, 7) is 10.9. The number of nitro groups is 1. The van der Waals surface area contributed by atoms with Gasteiger partial charge in [0, 0.05) is 33.6 Å². The first kappa shape index (κ1) is 21.8. The summed E-state index contributed by atoms with van der Waals surface area (Å²) in [5, 5.41) is 11.2. The SMILES string of the molecule is CCOP(C)(=O)Cc1ccc([N+](=O)[O-])c(OCOCC[Si](C)(C)C)c1. The van der Waals surface area contributed by atoms with Crippen LogP contribution in [-0.2, 0) is 20.0 Å². The average molecular weight is 389 g/mol. The van der Waals surface area contributed by atoms with E-state index >= 15 is 0 Å². The monoisotopic (exact) mass is 389 g/mol. The Morgan fingerprint density at radius 2 is 1.96 bits per heavy atom. The van der Waals surface area contributed by atoms with Gasteiger partial charge in [0.1, 0.15) is 0 Å². The van der Waals surface area contributed by atoms with Crippen LogP contribution in [0.25, 0.3) is 0 Å². The van der Waals surface area contributed by atoms with Crippen molar-refractivity contribution in [1.82, 2.24) is 0 Å². The number of nitrogens with zero attached hydrogens (tertiary/aromatic N) is 1. The molecule has 0 aliphatic rings. The number of ether oxygens (including phenoxy) is 2. The van der Waals surface area contributed by atoms with Crippen molar-refractivity contribution in [2.24, 2.45) is 0 Å². The van der Waals surface area contributed by atoms with Gasteiger partial charge in [0.2, 0.25) is 7.37 Å². The molecule has 0 spiro atoms. The van der Waals surface area contributed by atoms with E-state index in [0.717, 1.165) is 6.04 Å². The van der Waals surface area contributed by atoms with Crippen LogP contribution in [0.4, 0.5) is 5.69 Å². The number of hydrogen-bond donors (Lipinski definition) is 0. The number of rotatable bonds is 11. The molecule has 0 bridgehead atoms. The van der Waals surface area contributed by atoms with Crippen LogP contribution in [0, 0.1) is 10.1 Å². The molecular formula is C16H28NO6PSi. The molecule has 0 aliphatic heterocycles. The Labute approximate surface area is 150 Å². The topological polar surface area (TPSA) is 87.9 Å². The van der Waals surface area contributed by atoms with E-state index in [2.05, 4.69) is 19.6 Å². The fourth-order valence-electron chi connectivity index (χ4n) is 2.12. The van der Waals surface area contributed by atoms with Crippen LogP contribution in [-0.4, -0.2) is 39.7 Å². The Balaban J connectivity index is 2.76. The Bertz CT molecular complexity index is 632. The van der Waals surface area contributed by atoms with E-state index in [1.807, 2.05) is 0 Å². The molecule has 1 aromatic rings. The van der Waals surface area contributed by atoms with Crippen molar-refractivity contribution in [1.29, 1.82) is 0 Å². The summed E-state index contributed by atoms with van der Waals surface area (Å²) in [6, 6.07) is 5.46. The zero-order chi connectivity index (χ0) is 19.1. The van der Waals surface area contributed by atoms with Crippen LogP contribution in [0.5, 0.6) is 5.75 Å². The average Bonchev–Trinajstić information content (AvgIpc) is 2.45. The summed E-state index contributed by atoms with van der Waals surface area (Å²) >= 11 is 0. The first-order chi connectivity index (χ1) is 11.5. The molecule has 142 valence electrons. The van der Waals surface area contributed by atoms with Gasteiger partial charge in [-0.15, -0.1) is 0 Å². The van der Waals surface area contributed by atoms with E-state index in [1.165, 1.54) is 12.1 Å². The molecule has 7 nitrogen and oxygen atoms in total. The van der Waals surface area contributed by atoms with Crippen LogP contribution in [0.15, 0.2) is 18.2 Å². The third-order valence-corrected chi connectivity index (χ3v) is 6.84. The molecule has 0 N–H and O–H groups in total. The van der Waals surface area contributed by atoms with Gasteiger partial charge in [-0.3, -0.25) is 14.7 Å². The van der Waals surface area contributed by atoms with Gasteiger partial charge in [-0.2, -0.15) is 0 Å². The van der Waals surface area contributed by atoms with E-state index in [0.29, 0.717) is 18.8 Å². The van der Waals surface area contributed by atoms with Gasteiger partial charge in [0.15, 0.2) is 12.5 Å². The van der Waals surface area contributed by atoms with Crippen molar-refractivity contribution in [2.75, 3.05) is 26.7 Å². The van der Waals surface area contributed by atoms with Gasteiger partial charge < -0.3 is 14.0 Å². The molecule has 1 rings (SSSR count). The highest BCUT2D eigenvalue weighted by molar-refractivity contribution is 7.57. The highest BCUT2D eigenvalue weighted by Gasteiger charge is 2.21. The van der Waals surface area contributed by atoms with E-state index < -0.39 is 20.4 Å². The predicted molar refractivity (Wildman–Crippen MR) is 102 cm³/mol. The molecule has 1 atom stereocenters. The second-order valence-electron chi connectivity index (χ2n) is 7.13. The second-order valence-corrected chi connectivity index (χ2v) is 15.4. The minimum atomic E-state index is -2.78. The summed E-state index contributed by atoms with van der Waals surface area (Å²) < 4.78 is 28.4. The minimum absolute atomic E-state index is 0.0516. The van der Waals surface area contributed by atoms with Crippen molar-refractivity contribution >= 4 is 21.1 Å². The maximum absolute atomic E-state index is 12.3. The molecule has 0 radical (unpaired) electrons. The first-order valence-corrected chi connectivity index (χ1v) is 14.2. The summed E-state index contributed by atoms with van der Waals surface area (Å²) in [4.78, 5) is 10.6. The van der Waals surface area contributed by atoms with Crippen molar-refractivity contribution < 1.29 is 23.5 Å². The molecule has 9 heteroatoms. The quantitative estimate of drug-likeness (QED) is 0.136. The molecule has 0 heterocycles. The van der Waals surface area contributed by atoms with Gasteiger partial charge in [0.05, 0.1) is 11.5 Å². The lowest BCUT2D eigenvalue weighted by Crippen LogP contribution is -2.22. The smallest absolute Gasteiger partial charge is 0.311 e. The van der Waals surface area contributed by atoms with E-state index in [9.17, 15) is 14.7 Å². The standard InChI is InChI=1S/C16H28NO6PSi/c1-6-23-24(2,20)12-14-7-8-15(17(18)19)16(11-14)22-13-21-9-10-25(3,4)5/h7-8,11H,6,9-10,12-13H2,1-5H3. The molecule has 0 aromatic heterocycles. The Morgan fingerprint density at radius 1 is 1.28 bits per heavy atom. The van der Waals surface area contributed by atoms with Crippen molar-refractivity contribution in [3.8, 4) is 5.75 Å². The van der Waals surface area contributed by atoms with Gasteiger partial charge >= 0.3 is 5.69 Å². The van der Waals surface area contributed by atoms with E-state index in [4.69, 9.17) is 14.0 Å². The summed E-state index contributed by atoms with van der Waals surface area (Å²) in [5.74, 6) is 0.118. The number of hydrogen-bond acceptors (Lipinski definition) is 6. The summed E-state index contributed by atoms with van der Waals surface area (Å²) in [7, 11) is -3.97. The van der Waals surface area contributed by atoms with Crippen LogP contribution >= 0.6 is 7.37 Å². The number of benzene rings is 1. The largest absolute Gasteiger partial charge is 0.460 e. The predicted octanol–water partition coefficient (Wildman–Crippen LogP) is 4.73. The van der Waals surface area contributed by atoms with Gasteiger partial charge in [-0.05, 0) is 24.6 Å². The molecule has 0 saturated heterocycles. The van der Waals surface area contributed by atoms with Crippen molar-refractivity contribution in [2.45, 2.75) is 38.8 Å². The van der Waals surface area contributed by atoms with Crippen molar-refractivity contribution in [3.63, 3.8) is 0 Å². The summed E-state index contributed by atoms with van der Waals surface area (Å²) in [5.41, 5.74) is 0.530. The number of nitro benzene ring substituents is 1. The maximum atomic E-state index is 12.3. The Kier molecular flexibility index (Phi) is 8.27. The van der Waals surface area contributed by atoms with Crippen LogP contribution in [0.3, 0.4) is 0 Å². The van der Waals surface area contributed by atoms with Crippen LogP contribution in [0.1, 0.15) is 12.5 Å². The normalized spacial score (nSPS) is 14.1. The molecule has 1 unspecified atom stereocenters. The Morgan fingerprint density at radius 3 is 2.52 bits per heavy atom. The molecule has 1 aromatic carbocycles. The zero-order valence-corrected chi connectivity index (χ0v) is 17.5. The molecule has 25 heavy (non-hydrogen) atoms. The van der Waals surface area contributed by atoms with Crippen molar-refractivity contribution in [3.05, 3.63) is 33.9 Å². The minimum Gasteiger partial charge on any atom is -0.460 e. The summed E-state index contributed by atoms with van der Waals surface area (Å²) in [6.07, 6.45) is 0.200. The van der Waals surface area contributed by atoms with Gasteiger partial charge in [0.25, 0.3) is 0 Å². The highest BCUT2D eigenvalue weighted by atomic mass is 31.2. The molecule has 0 amide bonds. The second kappa shape index (κ2) is 9.47. The lowest BCUT2D eigenvalue weighted by atomic mass is 10.2. The van der Waals surface area contributed by atoms with E-state index in [1.54, 1.807) is 19.7 Å².